The van der Waals surface area contributed by atoms with Gasteiger partial charge in [0, 0.05) is 5.56 Å². The summed E-state index contributed by atoms with van der Waals surface area (Å²) in [7, 11) is 0. The SMILES string of the molecule is C=Nc1cocc1C(=N)c1ccccc1-c1ccccc1. The number of hydrogen-bond donors (Lipinski definition) is 1. The fraction of sp³-hybridized carbons (Fsp3) is 0. The van der Waals surface area contributed by atoms with E-state index >= 15 is 0 Å². The van der Waals surface area contributed by atoms with Gasteiger partial charge in [-0.1, -0.05) is 54.6 Å². The molecule has 0 atom stereocenters. The zero-order valence-corrected chi connectivity index (χ0v) is 11.4. The number of hydrogen-bond acceptors (Lipinski definition) is 3. The minimum absolute atomic E-state index is 0.380. The molecule has 0 aliphatic heterocycles. The van der Waals surface area contributed by atoms with Crippen LogP contribution >= 0.6 is 0 Å². The highest BCUT2D eigenvalue weighted by molar-refractivity contribution is 6.16. The predicted octanol–water partition coefficient (Wildman–Crippen LogP) is 4.69. The molecule has 1 aromatic heterocycles. The maximum atomic E-state index is 8.47. The lowest BCUT2D eigenvalue weighted by Gasteiger charge is -2.10. The van der Waals surface area contributed by atoms with Crippen molar-refractivity contribution >= 4 is 18.1 Å². The van der Waals surface area contributed by atoms with Gasteiger partial charge in [-0.25, -0.2) is 0 Å². The van der Waals surface area contributed by atoms with Gasteiger partial charge in [-0.15, -0.1) is 0 Å². The number of nitrogens with zero attached hydrogens (tertiary/aromatic N) is 1. The van der Waals surface area contributed by atoms with Crippen LogP contribution in [0.2, 0.25) is 0 Å². The van der Waals surface area contributed by atoms with Crippen molar-refractivity contribution in [2.75, 3.05) is 0 Å². The van der Waals surface area contributed by atoms with E-state index in [4.69, 9.17) is 9.83 Å². The van der Waals surface area contributed by atoms with Gasteiger partial charge in [-0.05, 0) is 17.8 Å². The maximum Gasteiger partial charge on any atom is 0.117 e. The van der Waals surface area contributed by atoms with E-state index in [9.17, 15) is 0 Å². The maximum absolute atomic E-state index is 8.47. The van der Waals surface area contributed by atoms with Gasteiger partial charge < -0.3 is 4.42 Å². The lowest BCUT2D eigenvalue weighted by molar-refractivity contribution is 0.567. The molecule has 3 rings (SSSR count). The highest BCUT2D eigenvalue weighted by Crippen LogP contribution is 2.29. The van der Waals surface area contributed by atoms with Gasteiger partial charge in [0.2, 0.25) is 0 Å². The first kappa shape index (κ1) is 13.1. The van der Waals surface area contributed by atoms with Gasteiger partial charge in [0.25, 0.3) is 0 Å². The van der Waals surface area contributed by atoms with Crippen LogP contribution < -0.4 is 0 Å². The second-order valence-electron chi connectivity index (χ2n) is 4.62. The van der Waals surface area contributed by atoms with E-state index in [-0.39, 0.29) is 0 Å². The molecule has 3 aromatic rings. The molecule has 0 saturated heterocycles. The summed E-state index contributed by atoms with van der Waals surface area (Å²) in [5.41, 5.74) is 4.55. The molecule has 1 N–H and O–H groups in total. The molecule has 102 valence electrons. The smallest absolute Gasteiger partial charge is 0.117 e. The van der Waals surface area contributed by atoms with Crippen LogP contribution in [0.5, 0.6) is 0 Å². The molecule has 2 aromatic carbocycles. The van der Waals surface area contributed by atoms with E-state index in [0.717, 1.165) is 16.7 Å². The normalized spacial score (nSPS) is 10.3. The minimum Gasteiger partial charge on any atom is -0.470 e. The minimum atomic E-state index is 0.380. The van der Waals surface area contributed by atoms with Crippen LogP contribution in [0.3, 0.4) is 0 Å². The quantitative estimate of drug-likeness (QED) is 0.689. The highest BCUT2D eigenvalue weighted by atomic mass is 16.3. The average Bonchev–Trinajstić information content (AvgIpc) is 3.03. The van der Waals surface area contributed by atoms with E-state index in [1.165, 1.54) is 12.5 Å². The number of rotatable bonds is 4. The molecule has 0 aliphatic rings. The Morgan fingerprint density at radius 1 is 0.905 bits per heavy atom. The summed E-state index contributed by atoms with van der Waals surface area (Å²) in [6.07, 6.45) is 3.04. The van der Waals surface area contributed by atoms with Gasteiger partial charge in [0.1, 0.15) is 18.2 Å². The van der Waals surface area contributed by atoms with Gasteiger partial charge in [0.15, 0.2) is 0 Å². The Kier molecular flexibility index (Phi) is 3.48. The Hall–Kier alpha value is -2.94. The zero-order valence-electron chi connectivity index (χ0n) is 11.4. The molecule has 0 spiro atoms. The summed E-state index contributed by atoms with van der Waals surface area (Å²) < 4.78 is 5.15. The molecule has 0 bridgehead atoms. The summed E-state index contributed by atoms with van der Waals surface area (Å²) in [6.45, 7) is 3.51. The van der Waals surface area contributed by atoms with E-state index in [2.05, 4.69) is 11.7 Å². The van der Waals surface area contributed by atoms with E-state index < -0.39 is 0 Å². The molecule has 0 saturated carbocycles. The monoisotopic (exact) mass is 274 g/mol. The molecular formula is C18H14N2O. The van der Waals surface area contributed by atoms with Crippen LogP contribution in [0.15, 0.2) is 76.5 Å². The van der Waals surface area contributed by atoms with E-state index in [1.54, 1.807) is 0 Å². The molecule has 0 fully saturated rings. The van der Waals surface area contributed by atoms with Crippen molar-refractivity contribution in [1.82, 2.24) is 0 Å². The second kappa shape index (κ2) is 5.59. The summed E-state index contributed by atoms with van der Waals surface area (Å²) in [5.74, 6) is 0. The van der Waals surface area contributed by atoms with Crippen LogP contribution in [0.1, 0.15) is 11.1 Å². The van der Waals surface area contributed by atoms with E-state index in [1.807, 2.05) is 54.6 Å². The first-order chi connectivity index (χ1) is 10.3. The van der Waals surface area contributed by atoms with E-state index in [0.29, 0.717) is 17.0 Å². The standard InChI is InChI=1S/C18H14N2O/c1-20-17-12-21-11-16(17)18(19)15-10-6-5-9-14(15)13-7-3-2-4-8-13/h2-12,19H,1H2. The average molecular weight is 274 g/mol. The summed E-state index contributed by atoms with van der Waals surface area (Å²) in [4.78, 5) is 3.89. The van der Waals surface area contributed by atoms with Crippen LogP contribution in [0, 0.1) is 5.41 Å². The second-order valence-corrected chi connectivity index (χ2v) is 4.62. The first-order valence-electron chi connectivity index (χ1n) is 6.58. The van der Waals surface area contributed by atoms with Crippen molar-refractivity contribution in [1.29, 1.82) is 5.41 Å². The van der Waals surface area contributed by atoms with Crippen LogP contribution in [-0.4, -0.2) is 12.4 Å². The Morgan fingerprint density at radius 3 is 2.38 bits per heavy atom. The molecular weight excluding hydrogens is 260 g/mol. The third kappa shape index (κ3) is 2.41. The number of nitrogens with one attached hydrogen (secondary N) is 1. The highest BCUT2D eigenvalue weighted by Gasteiger charge is 2.15. The predicted molar refractivity (Wildman–Crippen MR) is 85.7 cm³/mol. The molecule has 0 radical (unpaired) electrons. The Labute approximate surface area is 123 Å². The van der Waals surface area contributed by atoms with Gasteiger partial charge in [0.05, 0.1) is 11.3 Å². The van der Waals surface area contributed by atoms with Crippen molar-refractivity contribution < 1.29 is 4.42 Å². The van der Waals surface area contributed by atoms with Crippen molar-refractivity contribution in [3.05, 3.63) is 78.3 Å². The van der Waals surface area contributed by atoms with Gasteiger partial charge in [-0.2, -0.15) is 0 Å². The molecule has 3 heteroatoms. The lowest BCUT2D eigenvalue weighted by Crippen LogP contribution is -2.02. The van der Waals surface area contributed by atoms with Crippen molar-refractivity contribution in [3.63, 3.8) is 0 Å². The number of aliphatic imine (C=N–C) groups is 1. The van der Waals surface area contributed by atoms with Crippen molar-refractivity contribution in [3.8, 4) is 11.1 Å². The molecule has 0 amide bonds. The first-order valence-corrected chi connectivity index (χ1v) is 6.58. The third-order valence-corrected chi connectivity index (χ3v) is 3.36. The summed E-state index contributed by atoms with van der Waals surface area (Å²) >= 11 is 0. The number of furan rings is 1. The topological polar surface area (TPSA) is 49.4 Å². The molecule has 3 nitrogen and oxygen atoms in total. The molecule has 1 heterocycles. The summed E-state index contributed by atoms with van der Waals surface area (Å²) in [5, 5.41) is 8.47. The lowest BCUT2D eigenvalue weighted by atomic mass is 9.94. The molecule has 0 aliphatic carbocycles. The Morgan fingerprint density at radius 2 is 1.62 bits per heavy atom. The fourth-order valence-electron chi connectivity index (χ4n) is 2.32. The number of benzene rings is 2. The van der Waals surface area contributed by atoms with Crippen molar-refractivity contribution in [2.24, 2.45) is 4.99 Å². The Bertz CT molecular complexity index is 788. The molecule has 21 heavy (non-hydrogen) atoms. The molecule has 0 unspecified atom stereocenters. The largest absolute Gasteiger partial charge is 0.470 e. The zero-order chi connectivity index (χ0) is 14.7. The Balaban J connectivity index is 2.12. The summed E-state index contributed by atoms with van der Waals surface area (Å²) in [6, 6.07) is 17.9. The third-order valence-electron chi connectivity index (χ3n) is 3.36. The van der Waals surface area contributed by atoms with Crippen LogP contribution in [0.4, 0.5) is 5.69 Å². The van der Waals surface area contributed by atoms with Crippen LogP contribution in [0.25, 0.3) is 11.1 Å². The fourth-order valence-corrected chi connectivity index (χ4v) is 2.32. The van der Waals surface area contributed by atoms with Gasteiger partial charge >= 0.3 is 0 Å². The van der Waals surface area contributed by atoms with Crippen molar-refractivity contribution in [2.45, 2.75) is 0 Å². The van der Waals surface area contributed by atoms with Gasteiger partial charge in [-0.3, -0.25) is 10.4 Å². The van der Waals surface area contributed by atoms with Crippen LogP contribution in [-0.2, 0) is 0 Å².